The van der Waals surface area contributed by atoms with E-state index in [9.17, 15) is 8.42 Å². The number of sulfonamides is 1. The lowest BCUT2D eigenvalue weighted by molar-refractivity contribution is 0.160. The van der Waals surface area contributed by atoms with Gasteiger partial charge >= 0.3 is 0 Å². The van der Waals surface area contributed by atoms with E-state index < -0.39 is 10.0 Å². The molecule has 0 radical (unpaired) electrons. The Morgan fingerprint density at radius 1 is 1.12 bits per heavy atom. The fourth-order valence-corrected chi connectivity index (χ4v) is 5.43. The third-order valence-corrected chi connectivity index (χ3v) is 7.52. The fourth-order valence-electron chi connectivity index (χ4n) is 3.35. The normalized spacial score (nSPS) is 16.3. The van der Waals surface area contributed by atoms with Gasteiger partial charge in [-0.2, -0.15) is 0 Å². The molecule has 3 heterocycles. The van der Waals surface area contributed by atoms with Gasteiger partial charge in [-0.05, 0) is 41.1 Å². The van der Waals surface area contributed by atoms with E-state index in [1.54, 1.807) is 23.8 Å². The highest BCUT2D eigenvalue weighted by atomic mass is 32.2. The van der Waals surface area contributed by atoms with Crippen molar-refractivity contribution in [2.24, 2.45) is 0 Å². The van der Waals surface area contributed by atoms with Gasteiger partial charge in [0.05, 0.1) is 12.3 Å². The second-order valence-electron chi connectivity index (χ2n) is 6.30. The molecule has 0 spiro atoms. The molecular formula is C19H20N2O3S2. The number of benzene rings is 1. The molecular weight excluding hydrogens is 368 g/mol. The molecule has 26 heavy (non-hydrogen) atoms. The Balaban J connectivity index is 1.55. The fraction of sp³-hybridized carbons (Fsp3) is 0.263. The molecule has 7 heteroatoms. The van der Waals surface area contributed by atoms with Gasteiger partial charge in [-0.15, -0.1) is 11.3 Å². The van der Waals surface area contributed by atoms with Crippen molar-refractivity contribution in [3.05, 3.63) is 77.1 Å². The molecule has 0 saturated heterocycles. The first kappa shape index (κ1) is 17.5. The average molecular weight is 389 g/mol. The van der Waals surface area contributed by atoms with Crippen molar-refractivity contribution < 1.29 is 12.8 Å². The van der Waals surface area contributed by atoms with Gasteiger partial charge in [-0.3, -0.25) is 4.90 Å². The summed E-state index contributed by atoms with van der Waals surface area (Å²) in [4.78, 5) is 2.28. The first-order chi connectivity index (χ1) is 12.6. The molecule has 1 aliphatic heterocycles. The second-order valence-corrected chi connectivity index (χ2v) is 9.25. The van der Waals surface area contributed by atoms with Crippen LogP contribution in [0.25, 0.3) is 0 Å². The van der Waals surface area contributed by atoms with Crippen LogP contribution in [0.2, 0.25) is 0 Å². The lowest BCUT2D eigenvalue weighted by Gasteiger charge is -2.34. The molecule has 1 unspecified atom stereocenters. The maximum atomic E-state index is 12.5. The topological polar surface area (TPSA) is 62.6 Å². The van der Waals surface area contributed by atoms with E-state index in [1.165, 1.54) is 22.5 Å². The van der Waals surface area contributed by atoms with Crippen LogP contribution in [0, 0.1) is 0 Å². The average Bonchev–Trinajstić information content (AvgIpc) is 3.36. The lowest BCUT2D eigenvalue weighted by atomic mass is 9.98. The van der Waals surface area contributed by atoms with Gasteiger partial charge < -0.3 is 4.42 Å². The van der Waals surface area contributed by atoms with Crippen LogP contribution >= 0.6 is 11.3 Å². The minimum Gasteiger partial charge on any atom is -0.468 e. The van der Waals surface area contributed by atoms with Crippen LogP contribution < -0.4 is 4.72 Å². The Kier molecular flexibility index (Phi) is 4.95. The van der Waals surface area contributed by atoms with Crippen LogP contribution in [0.4, 0.5) is 0 Å². The largest absolute Gasteiger partial charge is 0.468 e. The van der Waals surface area contributed by atoms with Gasteiger partial charge in [0.1, 0.15) is 9.97 Å². The highest BCUT2D eigenvalue weighted by Gasteiger charge is 2.28. The van der Waals surface area contributed by atoms with E-state index in [2.05, 4.69) is 27.8 Å². The molecule has 0 aliphatic carbocycles. The molecule has 4 rings (SSSR count). The van der Waals surface area contributed by atoms with Crippen molar-refractivity contribution in [2.45, 2.75) is 23.2 Å². The third kappa shape index (κ3) is 3.61. The van der Waals surface area contributed by atoms with Crippen molar-refractivity contribution in [3.63, 3.8) is 0 Å². The van der Waals surface area contributed by atoms with Crippen molar-refractivity contribution in [1.29, 1.82) is 0 Å². The third-order valence-electron chi connectivity index (χ3n) is 4.70. The van der Waals surface area contributed by atoms with Crippen LogP contribution in [0.5, 0.6) is 0 Å². The van der Waals surface area contributed by atoms with Gasteiger partial charge in [0.25, 0.3) is 0 Å². The summed E-state index contributed by atoms with van der Waals surface area (Å²) in [5, 5.41) is 1.76. The lowest BCUT2D eigenvalue weighted by Crippen LogP contribution is -2.40. The van der Waals surface area contributed by atoms with Crippen LogP contribution in [0.3, 0.4) is 0 Å². The Labute approximate surface area is 157 Å². The molecule has 0 bridgehead atoms. The van der Waals surface area contributed by atoms with E-state index >= 15 is 0 Å². The van der Waals surface area contributed by atoms with Crippen molar-refractivity contribution >= 4 is 21.4 Å². The van der Waals surface area contributed by atoms with E-state index in [-0.39, 0.29) is 12.6 Å². The van der Waals surface area contributed by atoms with E-state index in [4.69, 9.17) is 4.42 Å². The predicted octanol–water partition coefficient (Wildman–Crippen LogP) is 3.42. The minimum atomic E-state index is -3.50. The first-order valence-electron chi connectivity index (χ1n) is 8.51. The van der Waals surface area contributed by atoms with Crippen molar-refractivity contribution in [1.82, 2.24) is 9.62 Å². The highest BCUT2D eigenvalue weighted by molar-refractivity contribution is 7.91. The number of fused-ring (bicyclic) bond motifs is 1. The number of furan rings is 1. The SMILES string of the molecule is O=S(=O)(NCC(c1ccco1)N1CCc2ccccc2C1)c1cccs1. The van der Waals surface area contributed by atoms with Crippen molar-refractivity contribution in [2.75, 3.05) is 13.1 Å². The zero-order chi connectivity index (χ0) is 18.0. The van der Waals surface area contributed by atoms with Crippen LogP contribution in [-0.4, -0.2) is 26.4 Å². The smallest absolute Gasteiger partial charge is 0.250 e. The summed E-state index contributed by atoms with van der Waals surface area (Å²) in [5.74, 6) is 0.776. The molecule has 1 N–H and O–H groups in total. The summed E-state index contributed by atoms with van der Waals surface area (Å²) in [5.41, 5.74) is 2.65. The molecule has 1 aromatic carbocycles. The van der Waals surface area contributed by atoms with Crippen LogP contribution in [0.15, 0.2) is 68.8 Å². The summed E-state index contributed by atoms with van der Waals surface area (Å²) in [6, 6.07) is 15.4. The Bertz CT molecular complexity index is 951. The Morgan fingerprint density at radius 3 is 2.69 bits per heavy atom. The number of rotatable bonds is 6. The standard InChI is InChI=1S/C19H20N2O3S2/c22-26(23,19-8-4-12-25-19)20-13-17(18-7-3-11-24-18)21-10-9-15-5-1-2-6-16(15)14-21/h1-8,11-12,17,20H,9-10,13-14H2. The number of nitrogens with one attached hydrogen (secondary N) is 1. The number of hydrogen-bond acceptors (Lipinski definition) is 5. The molecule has 1 aliphatic rings. The Morgan fingerprint density at radius 2 is 1.96 bits per heavy atom. The number of hydrogen-bond donors (Lipinski definition) is 1. The zero-order valence-electron chi connectivity index (χ0n) is 14.2. The van der Waals surface area contributed by atoms with Gasteiger partial charge in [-0.25, -0.2) is 13.1 Å². The minimum absolute atomic E-state index is 0.145. The molecule has 5 nitrogen and oxygen atoms in total. The van der Waals surface area contributed by atoms with E-state index in [0.29, 0.717) is 4.21 Å². The summed E-state index contributed by atoms with van der Waals surface area (Å²) in [7, 11) is -3.50. The molecule has 136 valence electrons. The summed E-state index contributed by atoms with van der Waals surface area (Å²) in [6.45, 7) is 1.92. The second kappa shape index (κ2) is 7.36. The summed E-state index contributed by atoms with van der Waals surface area (Å²) >= 11 is 1.22. The molecule has 1 atom stereocenters. The van der Waals surface area contributed by atoms with Gasteiger partial charge in [0, 0.05) is 19.6 Å². The molecule has 0 fully saturated rings. The monoisotopic (exact) mass is 388 g/mol. The van der Waals surface area contributed by atoms with Gasteiger partial charge in [0.15, 0.2) is 0 Å². The van der Waals surface area contributed by atoms with E-state index in [1.807, 2.05) is 18.2 Å². The maximum absolute atomic E-state index is 12.5. The molecule has 0 saturated carbocycles. The maximum Gasteiger partial charge on any atom is 0.250 e. The molecule has 3 aromatic rings. The summed E-state index contributed by atoms with van der Waals surface area (Å²) < 4.78 is 33.7. The van der Waals surface area contributed by atoms with E-state index in [0.717, 1.165) is 25.3 Å². The van der Waals surface area contributed by atoms with Crippen LogP contribution in [-0.2, 0) is 23.0 Å². The highest BCUT2D eigenvalue weighted by Crippen LogP contribution is 2.28. The quantitative estimate of drug-likeness (QED) is 0.703. The van der Waals surface area contributed by atoms with Gasteiger partial charge in [-0.1, -0.05) is 30.3 Å². The predicted molar refractivity (Wildman–Crippen MR) is 102 cm³/mol. The molecule has 2 aromatic heterocycles. The molecule has 0 amide bonds. The van der Waals surface area contributed by atoms with Crippen molar-refractivity contribution in [3.8, 4) is 0 Å². The first-order valence-corrected chi connectivity index (χ1v) is 10.9. The van der Waals surface area contributed by atoms with Crippen LogP contribution in [0.1, 0.15) is 22.9 Å². The zero-order valence-corrected chi connectivity index (χ0v) is 15.8. The Hall–Kier alpha value is -1.93. The van der Waals surface area contributed by atoms with Gasteiger partial charge in [0.2, 0.25) is 10.0 Å². The summed E-state index contributed by atoms with van der Waals surface area (Å²) in [6.07, 6.45) is 2.58. The number of thiophene rings is 1. The number of nitrogens with zero attached hydrogens (tertiary/aromatic N) is 1.